The van der Waals surface area contributed by atoms with Crippen molar-refractivity contribution in [2.24, 2.45) is 0 Å². The summed E-state index contributed by atoms with van der Waals surface area (Å²) in [4.78, 5) is 0. The van der Waals surface area contributed by atoms with Crippen molar-refractivity contribution in [3.8, 4) is 22.3 Å². The van der Waals surface area contributed by atoms with Crippen LogP contribution in [0.15, 0.2) is 83.3 Å². The summed E-state index contributed by atoms with van der Waals surface area (Å²) >= 11 is 5.52. The van der Waals surface area contributed by atoms with E-state index in [1.165, 1.54) is 58.0 Å². The van der Waals surface area contributed by atoms with E-state index in [1.54, 1.807) is 0 Å². The van der Waals surface area contributed by atoms with Gasteiger partial charge in [-0.15, -0.1) is 11.3 Å². The molecule has 28 heavy (non-hydrogen) atoms. The van der Waals surface area contributed by atoms with Crippen molar-refractivity contribution < 1.29 is 0 Å². The van der Waals surface area contributed by atoms with Gasteiger partial charge >= 0.3 is 0 Å². The first-order valence-electron chi connectivity index (χ1n) is 9.60. The fourth-order valence-corrected chi connectivity index (χ4v) is 6.15. The molecule has 0 nitrogen and oxygen atoms in total. The minimum Gasteiger partial charge on any atom is -0.135 e. The molecule has 1 aliphatic carbocycles. The molecule has 0 saturated heterocycles. The molecule has 6 rings (SSSR count). The monoisotopic (exact) mass is 440 g/mol. The molecule has 0 unspecified atom stereocenters. The van der Waals surface area contributed by atoms with Crippen LogP contribution < -0.4 is 0 Å². The molecule has 0 saturated carbocycles. The lowest BCUT2D eigenvalue weighted by Gasteiger charge is -2.21. The van der Waals surface area contributed by atoms with Gasteiger partial charge in [0.2, 0.25) is 0 Å². The summed E-state index contributed by atoms with van der Waals surface area (Å²) in [5, 5.41) is 2.73. The maximum atomic E-state index is 3.61. The van der Waals surface area contributed by atoms with Gasteiger partial charge in [0.25, 0.3) is 0 Å². The largest absolute Gasteiger partial charge is 0.135 e. The van der Waals surface area contributed by atoms with Crippen molar-refractivity contribution in [1.82, 2.24) is 0 Å². The van der Waals surface area contributed by atoms with Crippen LogP contribution in [-0.2, 0) is 12.8 Å². The molecule has 5 aromatic rings. The Balaban J connectivity index is 1.54. The van der Waals surface area contributed by atoms with Crippen LogP contribution in [0.3, 0.4) is 0 Å². The molecule has 134 valence electrons. The number of benzene rings is 4. The Labute approximate surface area is 176 Å². The Bertz CT molecular complexity index is 1380. The van der Waals surface area contributed by atoms with Gasteiger partial charge in [-0.1, -0.05) is 76.6 Å². The molecule has 1 heterocycles. The molecule has 1 aliphatic rings. The fourth-order valence-electron chi connectivity index (χ4n) is 4.51. The van der Waals surface area contributed by atoms with Gasteiger partial charge in [0, 0.05) is 24.6 Å². The maximum absolute atomic E-state index is 3.61. The molecule has 2 heteroatoms. The quantitative estimate of drug-likeness (QED) is 0.246. The summed E-state index contributed by atoms with van der Waals surface area (Å²) in [6.07, 6.45) is 2.22. The molecule has 0 bridgehead atoms. The summed E-state index contributed by atoms with van der Waals surface area (Å²) in [5.41, 5.74) is 8.36. The Morgan fingerprint density at radius 2 is 1.39 bits per heavy atom. The molecule has 0 N–H and O–H groups in total. The Hall–Kier alpha value is -2.42. The van der Waals surface area contributed by atoms with Gasteiger partial charge < -0.3 is 0 Å². The van der Waals surface area contributed by atoms with Crippen LogP contribution in [0.25, 0.3) is 42.4 Å². The number of hydrogen-bond acceptors (Lipinski definition) is 1. The van der Waals surface area contributed by atoms with Crippen molar-refractivity contribution in [1.29, 1.82) is 0 Å². The minimum atomic E-state index is 1.11. The molecule has 4 aromatic carbocycles. The zero-order valence-corrected chi connectivity index (χ0v) is 17.6. The third kappa shape index (κ3) is 2.48. The van der Waals surface area contributed by atoms with Crippen LogP contribution in [-0.4, -0.2) is 0 Å². The maximum Gasteiger partial charge on any atom is 0.0433 e. The second-order valence-electron chi connectivity index (χ2n) is 7.45. The zero-order valence-electron chi connectivity index (χ0n) is 15.2. The third-order valence-corrected chi connectivity index (χ3v) is 7.55. The van der Waals surface area contributed by atoms with E-state index in [0.717, 1.165) is 12.8 Å². The van der Waals surface area contributed by atoms with E-state index < -0.39 is 0 Å². The highest BCUT2D eigenvalue weighted by molar-refractivity contribution is 9.10. The van der Waals surface area contributed by atoms with Crippen molar-refractivity contribution in [2.75, 3.05) is 0 Å². The Kier molecular flexibility index (Phi) is 3.72. The van der Waals surface area contributed by atoms with Gasteiger partial charge in [-0.3, -0.25) is 0 Å². The minimum absolute atomic E-state index is 1.11. The average Bonchev–Trinajstić information content (AvgIpc) is 3.12. The lowest BCUT2D eigenvalue weighted by Crippen LogP contribution is -2.04. The van der Waals surface area contributed by atoms with Gasteiger partial charge in [-0.2, -0.15) is 0 Å². The molecule has 0 aliphatic heterocycles. The lowest BCUT2D eigenvalue weighted by atomic mass is 9.84. The lowest BCUT2D eigenvalue weighted by molar-refractivity contribution is 0.941. The molecule has 0 spiro atoms. The molecule has 0 fully saturated rings. The van der Waals surface area contributed by atoms with Crippen molar-refractivity contribution in [3.63, 3.8) is 0 Å². The predicted molar refractivity (Wildman–Crippen MR) is 125 cm³/mol. The second kappa shape index (κ2) is 6.30. The Morgan fingerprint density at radius 3 is 2.29 bits per heavy atom. The van der Waals surface area contributed by atoms with Crippen molar-refractivity contribution in [3.05, 3.63) is 94.5 Å². The topological polar surface area (TPSA) is 0 Å². The van der Waals surface area contributed by atoms with Gasteiger partial charge in [0.15, 0.2) is 0 Å². The van der Waals surface area contributed by atoms with Crippen LogP contribution >= 0.6 is 27.3 Å². The number of rotatable bonds is 1. The van der Waals surface area contributed by atoms with Gasteiger partial charge in [0.1, 0.15) is 0 Å². The highest BCUT2D eigenvalue weighted by Crippen LogP contribution is 2.42. The second-order valence-corrected chi connectivity index (χ2v) is 9.42. The zero-order chi connectivity index (χ0) is 18.7. The molecule has 0 atom stereocenters. The highest BCUT2D eigenvalue weighted by Gasteiger charge is 2.18. The Morgan fingerprint density at radius 1 is 0.643 bits per heavy atom. The fraction of sp³-hybridized carbons (Fsp3) is 0.0769. The van der Waals surface area contributed by atoms with E-state index in [0.29, 0.717) is 0 Å². The van der Waals surface area contributed by atoms with E-state index >= 15 is 0 Å². The summed E-state index contributed by atoms with van der Waals surface area (Å²) in [6, 6.07) is 29.2. The summed E-state index contributed by atoms with van der Waals surface area (Å²) < 4.78 is 3.92. The SMILES string of the molecule is Brc1ccc2c(c1)CCc1cc(-c3cccc4c3sc3ccccc34)ccc1-2. The molecular formula is C26H17BrS. The van der Waals surface area contributed by atoms with E-state index in [1.807, 2.05) is 11.3 Å². The van der Waals surface area contributed by atoms with E-state index in [4.69, 9.17) is 0 Å². The molecule has 1 aromatic heterocycles. The van der Waals surface area contributed by atoms with Gasteiger partial charge in [-0.25, -0.2) is 0 Å². The van der Waals surface area contributed by atoms with Crippen molar-refractivity contribution >= 4 is 47.4 Å². The average molecular weight is 441 g/mol. The summed E-state index contributed by atoms with van der Waals surface area (Å²) in [7, 11) is 0. The number of hydrogen-bond donors (Lipinski definition) is 0. The first-order valence-corrected chi connectivity index (χ1v) is 11.2. The summed E-state index contributed by atoms with van der Waals surface area (Å²) in [6.45, 7) is 0. The normalized spacial score (nSPS) is 12.9. The van der Waals surface area contributed by atoms with Gasteiger partial charge in [0.05, 0.1) is 0 Å². The number of halogens is 1. The van der Waals surface area contributed by atoms with Crippen LogP contribution in [0.4, 0.5) is 0 Å². The number of thiophene rings is 1. The molecule has 0 radical (unpaired) electrons. The third-order valence-electron chi connectivity index (χ3n) is 5.84. The predicted octanol–water partition coefficient (Wildman–Crippen LogP) is 8.25. The van der Waals surface area contributed by atoms with Crippen LogP contribution in [0.1, 0.15) is 11.1 Å². The number of fused-ring (bicyclic) bond motifs is 6. The van der Waals surface area contributed by atoms with Crippen LogP contribution in [0, 0.1) is 0 Å². The van der Waals surface area contributed by atoms with Crippen molar-refractivity contribution in [2.45, 2.75) is 12.8 Å². The van der Waals surface area contributed by atoms with Crippen LogP contribution in [0.5, 0.6) is 0 Å². The molecule has 0 amide bonds. The van der Waals surface area contributed by atoms with Crippen LogP contribution in [0.2, 0.25) is 0 Å². The van der Waals surface area contributed by atoms with E-state index in [2.05, 4.69) is 94.8 Å². The summed E-state index contributed by atoms with van der Waals surface area (Å²) in [5.74, 6) is 0. The van der Waals surface area contributed by atoms with Gasteiger partial charge in [-0.05, 0) is 64.4 Å². The first-order chi connectivity index (χ1) is 13.8. The van der Waals surface area contributed by atoms with E-state index in [9.17, 15) is 0 Å². The smallest absolute Gasteiger partial charge is 0.0433 e. The standard InChI is InChI=1S/C26H17BrS/c27-19-11-13-21-18(15-19)9-8-16-14-17(10-12-20(16)21)22-5-3-6-24-23-4-1-2-7-25(23)28-26(22)24/h1-7,10-15H,8-9H2. The molecular weight excluding hydrogens is 424 g/mol. The highest BCUT2D eigenvalue weighted by atomic mass is 79.9. The van der Waals surface area contributed by atoms with E-state index in [-0.39, 0.29) is 0 Å². The first kappa shape index (κ1) is 16.5. The number of aryl methyl sites for hydroxylation is 2.